The third-order valence-corrected chi connectivity index (χ3v) is 7.20. The summed E-state index contributed by atoms with van der Waals surface area (Å²) in [6.45, 7) is 5.89. The van der Waals surface area contributed by atoms with Crippen molar-refractivity contribution in [1.82, 2.24) is 14.5 Å². The van der Waals surface area contributed by atoms with Crippen LogP contribution in [0.2, 0.25) is 0 Å². The molecule has 9 heteroatoms. The Morgan fingerprint density at radius 3 is 2.72 bits per heavy atom. The van der Waals surface area contributed by atoms with E-state index in [9.17, 15) is 9.90 Å². The van der Waals surface area contributed by atoms with Crippen LogP contribution >= 0.6 is 27.7 Å². The number of anilines is 2. The van der Waals surface area contributed by atoms with Gasteiger partial charge in [0.2, 0.25) is 0 Å². The lowest BCUT2D eigenvalue weighted by Crippen LogP contribution is -2.33. The van der Waals surface area contributed by atoms with Gasteiger partial charge in [0.1, 0.15) is 5.52 Å². The Kier molecular flexibility index (Phi) is 7.37. The Hall–Kier alpha value is -2.10. The van der Waals surface area contributed by atoms with E-state index in [0.717, 1.165) is 42.5 Å². The van der Waals surface area contributed by atoms with Crippen molar-refractivity contribution in [2.45, 2.75) is 26.3 Å². The first-order valence-electron chi connectivity index (χ1n) is 10.7. The summed E-state index contributed by atoms with van der Waals surface area (Å²) in [7, 11) is 0. The molecule has 0 amide bonds. The van der Waals surface area contributed by atoms with E-state index in [1.54, 1.807) is 12.4 Å². The van der Waals surface area contributed by atoms with Crippen molar-refractivity contribution in [1.29, 1.82) is 0 Å². The third kappa shape index (κ3) is 5.10. The van der Waals surface area contributed by atoms with Gasteiger partial charge in [0, 0.05) is 41.3 Å². The lowest BCUT2D eigenvalue weighted by Gasteiger charge is -2.25. The normalized spacial score (nSPS) is 14.7. The zero-order valence-corrected chi connectivity index (χ0v) is 20.3. The number of hydrogen-bond donors (Lipinski definition) is 2. The molecule has 1 aliphatic heterocycles. The maximum atomic E-state index is 15.4. The quantitative estimate of drug-likeness (QED) is 0.381. The van der Waals surface area contributed by atoms with Gasteiger partial charge >= 0.3 is 5.97 Å². The van der Waals surface area contributed by atoms with Gasteiger partial charge in [0.05, 0.1) is 23.1 Å². The molecule has 6 nitrogen and oxygen atoms in total. The van der Waals surface area contributed by atoms with Crippen molar-refractivity contribution in [2.75, 3.05) is 36.5 Å². The lowest BCUT2D eigenvalue weighted by molar-refractivity contribution is 0.0697. The summed E-state index contributed by atoms with van der Waals surface area (Å²) < 4.78 is 18.2. The van der Waals surface area contributed by atoms with Crippen LogP contribution in [0.4, 0.5) is 15.8 Å². The lowest BCUT2D eigenvalue weighted by atomic mass is 10.1. The molecule has 2 N–H and O–H groups in total. The molecular formula is C23H26BrFN4O2S. The Bertz CT molecular complexity index is 1130. The van der Waals surface area contributed by atoms with Crippen molar-refractivity contribution in [2.24, 2.45) is 0 Å². The van der Waals surface area contributed by atoms with Gasteiger partial charge in [-0.05, 0) is 56.1 Å². The van der Waals surface area contributed by atoms with Crippen LogP contribution in [0.3, 0.4) is 0 Å². The fourth-order valence-electron chi connectivity index (χ4n) is 3.97. The van der Waals surface area contributed by atoms with Crippen molar-refractivity contribution in [3.05, 3.63) is 52.0 Å². The smallest absolute Gasteiger partial charge is 0.338 e. The SMILES string of the molecule is Cc1cc(Br)ccc1Nc1c(C(=O)O)cc2c(ncn2CCCCN2CCSCC2)c1F. The molecule has 0 aliphatic carbocycles. The van der Waals surface area contributed by atoms with Gasteiger partial charge < -0.3 is 19.9 Å². The highest BCUT2D eigenvalue weighted by molar-refractivity contribution is 9.10. The molecule has 0 spiro atoms. The molecule has 0 radical (unpaired) electrons. The molecule has 0 bridgehead atoms. The number of hydrogen-bond acceptors (Lipinski definition) is 5. The molecular weight excluding hydrogens is 495 g/mol. The number of rotatable bonds is 8. The molecule has 4 rings (SSSR count). The highest BCUT2D eigenvalue weighted by atomic mass is 79.9. The van der Waals surface area contributed by atoms with E-state index < -0.39 is 11.8 Å². The maximum Gasteiger partial charge on any atom is 0.338 e. The third-order valence-electron chi connectivity index (χ3n) is 5.76. The van der Waals surface area contributed by atoms with E-state index in [1.165, 1.54) is 17.6 Å². The van der Waals surface area contributed by atoms with Gasteiger partial charge in [-0.1, -0.05) is 15.9 Å². The number of fused-ring (bicyclic) bond motifs is 1. The number of nitrogens with one attached hydrogen (secondary N) is 1. The van der Waals surface area contributed by atoms with Crippen LogP contribution in [0.5, 0.6) is 0 Å². The predicted molar refractivity (Wildman–Crippen MR) is 132 cm³/mol. The Morgan fingerprint density at radius 1 is 1.25 bits per heavy atom. The number of aromatic nitrogens is 2. The summed E-state index contributed by atoms with van der Waals surface area (Å²) in [4.78, 5) is 18.7. The zero-order valence-electron chi connectivity index (χ0n) is 17.9. The van der Waals surface area contributed by atoms with Crippen molar-refractivity contribution < 1.29 is 14.3 Å². The number of aryl methyl sites for hydroxylation is 2. The van der Waals surface area contributed by atoms with Crippen LogP contribution in [0.15, 0.2) is 35.1 Å². The topological polar surface area (TPSA) is 70.4 Å². The van der Waals surface area contributed by atoms with E-state index in [2.05, 4.69) is 31.1 Å². The second-order valence-electron chi connectivity index (χ2n) is 7.97. The molecule has 0 unspecified atom stereocenters. The molecule has 2 heterocycles. The number of carboxylic acid groups (broad SMARTS) is 1. The van der Waals surface area contributed by atoms with Gasteiger partial charge in [-0.2, -0.15) is 11.8 Å². The first-order valence-corrected chi connectivity index (χ1v) is 12.6. The van der Waals surface area contributed by atoms with Crippen molar-refractivity contribution in [3.8, 4) is 0 Å². The van der Waals surface area contributed by atoms with Crippen LogP contribution in [0, 0.1) is 12.7 Å². The Morgan fingerprint density at radius 2 is 2.00 bits per heavy atom. The van der Waals surface area contributed by atoms with Gasteiger partial charge in [-0.15, -0.1) is 0 Å². The van der Waals surface area contributed by atoms with Crippen LogP contribution < -0.4 is 5.32 Å². The summed E-state index contributed by atoms with van der Waals surface area (Å²) in [5, 5.41) is 12.8. The fraction of sp³-hybridized carbons (Fsp3) is 0.391. The van der Waals surface area contributed by atoms with Gasteiger partial charge in [-0.3, -0.25) is 0 Å². The number of benzene rings is 2. The minimum Gasteiger partial charge on any atom is -0.478 e. The molecule has 1 aliphatic rings. The van der Waals surface area contributed by atoms with E-state index in [0.29, 0.717) is 17.7 Å². The van der Waals surface area contributed by atoms with Crippen molar-refractivity contribution in [3.63, 3.8) is 0 Å². The van der Waals surface area contributed by atoms with Crippen LogP contribution in [0.25, 0.3) is 11.0 Å². The summed E-state index contributed by atoms with van der Waals surface area (Å²) >= 11 is 5.41. The minimum atomic E-state index is -1.18. The Balaban J connectivity index is 1.55. The molecule has 1 aromatic heterocycles. The number of thioether (sulfide) groups is 1. The standard InChI is InChI=1S/C23H26BrFN4O2S/c1-15-12-16(24)4-5-18(15)27-21-17(23(30)31)13-19-22(20(21)25)26-14-29(19)7-3-2-6-28-8-10-32-11-9-28/h4-5,12-14,27H,2-3,6-11H2,1H3,(H,30,31). The fourth-order valence-corrected chi connectivity index (χ4v) is 5.43. The number of imidazole rings is 1. The molecule has 1 fully saturated rings. The molecule has 170 valence electrons. The van der Waals surface area contributed by atoms with Crippen LogP contribution in [0.1, 0.15) is 28.8 Å². The predicted octanol–water partition coefficient (Wildman–Crippen LogP) is 5.52. The summed E-state index contributed by atoms with van der Waals surface area (Å²) in [6, 6.07) is 7.01. The van der Waals surface area contributed by atoms with Crippen LogP contribution in [-0.4, -0.2) is 56.7 Å². The summed E-state index contributed by atoms with van der Waals surface area (Å²) in [5.74, 6) is 0.560. The molecule has 0 saturated carbocycles. The second-order valence-corrected chi connectivity index (χ2v) is 10.1. The molecule has 3 aromatic rings. The monoisotopic (exact) mass is 520 g/mol. The number of carbonyl (C=O) groups is 1. The van der Waals surface area contributed by atoms with Gasteiger partial charge in [0.25, 0.3) is 0 Å². The average molecular weight is 521 g/mol. The van der Waals surface area contributed by atoms with Crippen LogP contribution in [-0.2, 0) is 6.54 Å². The summed E-state index contributed by atoms with van der Waals surface area (Å²) in [5.41, 5.74) is 2.03. The second kappa shape index (κ2) is 10.2. The largest absolute Gasteiger partial charge is 0.478 e. The number of unbranched alkanes of at least 4 members (excludes halogenated alkanes) is 1. The average Bonchev–Trinajstić information content (AvgIpc) is 3.18. The molecule has 1 saturated heterocycles. The van der Waals surface area contributed by atoms with Gasteiger partial charge in [0.15, 0.2) is 5.82 Å². The Labute approximate surface area is 199 Å². The van der Waals surface area contributed by atoms with Crippen molar-refractivity contribution >= 4 is 56.1 Å². The van der Waals surface area contributed by atoms with Gasteiger partial charge in [-0.25, -0.2) is 14.2 Å². The van der Waals surface area contributed by atoms with E-state index >= 15 is 4.39 Å². The molecule has 0 atom stereocenters. The minimum absolute atomic E-state index is 0.0661. The first kappa shape index (κ1) is 23.1. The molecule has 32 heavy (non-hydrogen) atoms. The molecule has 2 aromatic carbocycles. The number of halogens is 2. The van der Waals surface area contributed by atoms with E-state index in [1.807, 2.05) is 35.4 Å². The number of aromatic carboxylic acids is 1. The first-order chi connectivity index (χ1) is 15.4. The number of carboxylic acids is 1. The van der Waals surface area contributed by atoms with E-state index in [-0.39, 0.29) is 16.8 Å². The highest BCUT2D eigenvalue weighted by Gasteiger charge is 2.22. The maximum absolute atomic E-state index is 15.4. The van der Waals surface area contributed by atoms with E-state index in [4.69, 9.17) is 0 Å². The summed E-state index contributed by atoms with van der Waals surface area (Å²) in [6.07, 6.45) is 3.57. The zero-order chi connectivity index (χ0) is 22.7. The number of nitrogens with zero attached hydrogens (tertiary/aromatic N) is 3. The highest BCUT2D eigenvalue weighted by Crippen LogP contribution is 2.32.